The number of hydrogen-bond acceptors (Lipinski definition) is 4. The van der Waals surface area contributed by atoms with Crippen molar-refractivity contribution >= 4 is 5.91 Å². The van der Waals surface area contributed by atoms with Gasteiger partial charge in [-0.1, -0.05) is 37.3 Å². The molecule has 1 aromatic heterocycles. The van der Waals surface area contributed by atoms with Crippen molar-refractivity contribution < 1.29 is 9.53 Å². The third-order valence-corrected chi connectivity index (χ3v) is 5.74. The highest BCUT2D eigenvalue weighted by atomic mass is 16.5. The molecule has 4 rings (SSSR count). The molecule has 2 fully saturated rings. The van der Waals surface area contributed by atoms with Gasteiger partial charge in [0.25, 0.3) is 5.91 Å². The van der Waals surface area contributed by atoms with Crippen LogP contribution in [0.25, 0.3) is 0 Å². The standard InChI is InChI=1S/C22H27N3O2/c1-3-17-8-4-5-9-18(17)13-24-14-19-20(15-24)27-12-11-25(19)22(26)21-16(2)7-6-10-23-21/h4-10,19-20H,3,11-15H2,1-2H3/t19-,20+/m1/s1. The molecule has 2 aliphatic heterocycles. The molecule has 5 heteroatoms. The van der Waals surface area contributed by atoms with E-state index in [4.69, 9.17) is 4.74 Å². The minimum Gasteiger partial charge on any atom is -0.373 e. The molecule has 0 saturated carbocycles. The molecular formula is C22H27N3O2. The molecule has 0 bridgehead atoms. The number of aromatic nitrogens is 1. The topological polar surface area (TPSA) is 45.7 Å². The van der Waals surface area contributed by atoms with Gasteiger partial charge >= 0.3 is 0 Å². The van der Waals surface area contributed by atoms with Crippen molar-refractivity contribution in [2.45, 2.75) is 39.0 Å². The summed E-state index contributed by atoms with van der Waals surface area (Å²) < 4.78 is 6.02. The van der Waals surface area contributed by atoms with Gasteiger partial charge in [0.1, 0.15) is 5.69 Å². The molecule has 1 aromatic carbocycles. The monoisotopic (exact) mass is 365 g/mol. The Balaban J connectivity index is 1.50. The van der Waals surface area contributed by atoms with Crippen LogP contribution in [0, 0.1) is 6.92 Å². The maximum Gasteiger partial charge on any atom is 0.273 e. The van der Waals surface area contributed by atoms with Gasteiger partial charge in [0.05, 0.1) is 18.8 Å². The van der Waals surface area contributed by atoms with Gasteiger partial charge in [0.2, 0.25) is 0 Å². The van der Waals surface area contributed by atoms with Gasteiger partial charge in [-0.15, -0.1) is 0 Å². The lowest BCUT2D eigenvalue weighted by molar-refractivity contribution is -0.0373. The predicted octanol–water partition coefficient (Wildman–Crippen LogP) is 2.68. The van der Waals surface area contributed by atoms with Gasteiger partial charge in [0, 0.05) is 32.4 Å². The second kappa shape index (κ2) is 7.79. The van der Waals surface area contributed by atoms with Crippen LogP contribution in [-0.2, 0) is 17.7 Å². The molecule has 0 unspecified atom stereocenters. The van der Waals surface area contributed by atoms with Gasteiger partial charge in [0.15, 0.2) is 0 Å². The molecule has 5 nitrogen and oxygen atoms in total. The second-order valence-electron chi connectivity index (χ2n) is 7.46. The fourth-order valence-corrected chi connectivity index (χ4v) is 4.29. The van der Waals surface area contributed by atoms with E-state index in [-0.39, 0.29) is 18.1 Å². The van der Waals surface area contributed by atoms with E-state index in [1.165, 1.54) is 11.1 Å². The van der Waals surface area contributed by atoms with Gasteiger partial charge < -0.3 is 9.64 Å². The van der Waals surface area contributed by atoms with E-state index < -0.39 is 0 Å². The molecular weight excluding hydrogens is 338 g/mol. The average molecular weight is 365 g/mol. The van der Waals surface area contributed by atoms with Crippen LogP contribution < -0.4 is 0 Å². The van der Waals surface area contributed by atoms with Crippen LogP contribution in [0.5, 0.6) is 0 Å². The fourth-order valence-electron chi connectivity index (χ4n) is 4.29. The molecule has 1 amide bonds. The highest BCUT2D eigenvalue weighted by Crippen LogP contribution is 2.26. The molecule has 0 radical (unpaired) electrons. The average Bonchev–Trinajstić information content (AvgIpc) is 3.10. The summed E-state index contributed by atoms with van der Waals surface area (Å²) >= 11 is 0. The lowest BCUT2D eigenvalue weighted by atomic mass is 10.1. The summed E-state index contributed by atoms with van der Waals surface area (Å²) in [4.78, 5) is 21.8. The Morgan fingerprint density at radius 1 is 1.19 bits per heavy atom. The van der Waals surface area contributed by atoms with Crippen molar-refractivity contribution in [1.29, 1.82) is 0 Å². The van der Waals surface area contributed by atoms with Crippen molar-refractivity contribution in [3.63, 3.8) is 0 Å². The summed E-state index contributed by atoms with van der Waals surface area (Å²) in [6.07, 6.45) is 2.82. The quantitative estimate of drug-likeness (QED) is 0.836. The SMILES string of the molecule is CCc1ccccc1CN1C[C@@H]2OCCN(C(=O)c3ncccc3C)[C@@H]2C1. The van der Waals surface area contributed by atoms with Gasteiger partial charge in [-0.3, -0.25) is 14.7 Å². The summed E-state index contributed by atoms with van der Waals surface area (Å²) in [5.41, 5.74) is 4.26. The highest BCUT2D eigenvalue weighted by molar-refractivity contribution is 5.94. The molecule has 2 saturated heterocycles. The number of nitrogens with zero attached hydrogens (tertiary/aromatic N) is 3. The summed E-state index contributed by atoms with van der Waals surface area (Å²) in [5.74, 6) is 0.0298. The van der Waals surface area contributed by atoms with Crippen LogP contribution in [0.3, 0.4) is 0 Å². The summed E-state index contributed by atoms with van der Waals surface area (Å²) in [7, 11) is 0. The van der Waals surface area contributed by atoms with Gasteiger partial charge in [-0.05, 0) is 36.1 Å². The van der Waals surface area contributed by atoms with E-state index in [1.807, 2.05) is 24.0 Å². The molecule has 27 heavy (non-hydrogen) atoms. The maximum absolute atomic E-state index is 13.1. The molecule has 2 atom stereocenters. The van der Waals surface area contributed by atoms with Crippen molar-refractivity contribution in [1.82, 2.24) is 14.8 Å². The number of likely N-dealkylation sites (tertiary alicyclic amines) is 1. The van der Waals surface area contributed by atoms with E-state index in [1.54, 1.807) is 6.20 Å². The number of carbonyl (C=O) groups excluding carboxylic acids is 1. The number of rotatable bonds is 4. The number of pyridine rings is 1. The van der Waals surface area contributed by atoms with E-state index in [0.29, 0.717) is 18.8 Å². The first kappa shape index (κ1) is 18.1. The van der Waals surface area contributed by atoms with Crippen molar-refractivity contribution in [2.24, 2.45) is 0 Å². The van der Waals surface area contributed by atoms with E-state index in [9.17, 15) is 4.79 Å². The summed E-state index contributed by atoms with van der Waals surface area (Å²) in [5, 5.41) is 0. The number of amides is 1. The zero-order chi connectivity index (χ0) is 18.8. The smallest absolute Gasteiger partial charge is 0.273 e. The number of benzene rings is 1. The first-order valence-electron chi connectivity index (χ1n) is 9.80. The first-order chi connectivity index (χ1) is 13.2. The predicted molar refractivity (Wildman–Crippen MR) is 105 cm³/mol. The van der Waals surface area contributed by atoms with Crippen LogP contribution >= 0.6 is 0 Å². The molecule has 2 aliphatic rings. The van der Waals surface area contributed by atoms with Crippen molar-refractivity contribution in [3.05, 3.63) is 65.0 Å². The van der Waals surface area contributed by atoms with Crippen LogP contribution in [0.4, 0.5) is 0 Å². The van der Waals surface area contributed by atoms with Gasteiger partial charge in [-0.25, -0.2) is 0 Å². The fraction of sp³-hybridized carbons (Fsp3) is 0.455. The molecule has 0 spiro atoms. The van der Waals surface area contributed by atoms with Crippen LogP contribution in [0.2, 0.25) is 0 Å². The molecule has 142 valence electrons. The number of ether oxygens (including phenoxy) is 1. The minimum absolute atomic E-state index is 0.0298. The van der Waals surface area contributed by atoms with E-state index in [2.05, 4.69) is 41.1 Å². The summed E-state index contributed by atoms with van der Waals surface area (Å²) in [6, 6.07) is 12.5. The summed E-state index contributed by atoms with van der Waals surface area (Å²) in [6.45, 7) is 7.99. The lowest BCUT2D eigenvalue weighted by Gasteiger charge is -2.37. The number of fused-ring (bicyclic) bond motifs is 1. The first-order valence-corrected chi connectivity index (χ1v) is 9.80. The number of morpholine rings is 1. The van der Waals surface area contributed by atoms with E-state index in [0.717, 1.165) is 31.6 Å². The number of aryl methyl sites for hydroxylation is 2. The third-order valence-electron chi connectivity index (χ3n) is 5.74. The number of carbonyl (C=O) groups is 1. The van der Waals surface area contributed by atoms with Crippen LogP contribution in [-0.4, -0.2) is 59.1 Å². The van der Waals surface area contributed by atoms with Crippen molar-refractivity contribution in [3.8, 4) is 0 Å². The van der Waals surface area contributed by atoms with E-state index >= 15 is 0 Å². The lowest BCUT2D eigenvalue weighted by Crippen LogP contribution is -2.53. The Bertz CT molecular complexity index is 823. The Labute approximate surface area is 161 Å². The molecule has 2 aromatic rings. The molecule has 0 aliphatic carbocycles. The Kier molecular flexibility index (Phi) is 5.23. The maximum atomic E-state index is 13.1. The zero-order valence-corrected chi connectivity index (χ0v) is 16.1. The normalized spacial score (nSPS) is 22.7. The highest BCUT2D eigenvalue weighted by Gasteiger charge is 2.42. The largest absolute Gasteiger partial charge is 0.373 e. The minimum atomic E-state index is 0.0298. The Morgan fingerprint density at radius 2 is 2.00 bits per heavy atom. The Hall–Kier alpha value is -2.24. The third kappa shape index (κ3) is 3.62. The van der Waals surface area contributed by atoms with Gasteiger partial charge in [-0.2, -0.15) is 0 Å². The second-order valence-corrected chi connectivity index (χ2v) is 7.46. The van der Waals surface area contributed by atoms with Crippen LogP contribution in [0.15, 0.2) is 42.6 Å². The number of hydrogen-bond donors (Lipinski definition) is 0. The molecule has 0 N–H and O–H groups in total. The Morgan fingerprint density at radius 3 is 2.78 bits per heavy atom. The van der Waals surface area contributed by atoms with Crippen LogP contribution in [0.1, 0.15) is 34.1 Å². The molecule has 3 heterocycles. The van der Waals surface area contributed by atoms with Crippen molar-refractivity contribution in [2.75, 3.05) is 26.2 Å². The zero-order valence-electron chi connectivity index (χ0n) is 16.1.